The first kappa shape index (κ1) is 31.1. The van der Waals surface area contributed by atoms with Gasteiger partial charge in [-0.05, 0) is 56.1 Å². The Labute approximate surface area is 267 Å². The summed E-state index contributed by atoms with van der Waals surface area (Å²) >= 11 is 1.60. The molecule has 45 heavy (non-hydrogen) atoms. The SMILES string of the molecule is CCN(CC)[C@@H](C)CNC(=O)c1cc(-c2cnn3ccc(-c4cccs4)nc23)nc(N2CC[C@H]2C(=O)N2CCS(=O)(=O)CC2)c1. The van der Waals surface area contributed by atoms with Crippen molar-refractivity contribution < 1.29 is 18.0 Å². The second-order valence-corrected chi connectivity index (χ2v) is 14.7. The maximum Gasteiger partial charge on any atom is 0.251 e. The Morgan fingerprint density at radius 1 is 1.09 bits per heavy atom. The van der Waals surface area contributed by atoms with Gasteiger partial charge >= 0.3 is 0 Å². The van der Waals surface area contributed by atoms with Crippen molar-refractivity contribution in [2.24, 2.45) is 0 Å². The van der Waals surface area contributed by atoms with Crippen LogP contribution in [-0.4, -0.2) is 112 Å². The fourth-order valence-electron chi connectivity index (χ4n) is 5.92. The second-order valence-electron chi connectivity index (χ2n) is 11.5. The summed E-state index contributed by atoms with van der Waals surface area (Å²) in [5.41, 5.74) is 3.05. The summed E-state index contributed by atoms with van der Waals surface area (Å²) in [6.07, 6.45) is 4.18. The molecule has 0 aromatic carbocycles. The minimum absolute atomic E-state index is 0.0232. The van der Waals surface area contributed by atoms with Gasteiger partial charge in [0, 0.05) is 44.0 Å². The fraction of sp³-hybridized carbons (Fsp3) is 0.452. The Morgan fingerprint density at radius 3 is 2.53 bits per heavy atom. The minimum atomic E-state index is -3.11. The third kappa shape index (κ3) is 6.44. The number of hydrogen-bond acceptors (Lipinski definition) is 10. The molecular formula is C31H38N8O4S2. The summed E-state index contributed by atoms with van der Waals surface area (Å²) in [6, 6.07) is 9.08. The molecule has 0 aliphatic carbocycles. The quantitative estimate of drug-likeness (QED) is 0.275. The number of amides is 2. The van der Waals surface area contributed by atoms with E-state index in [0.717, 1.165) is 23.7 Å². The third-order valence-corrected chi connectivity index (χ3v) is 11.2. The predicted octanol–water partition coefficient (Wildman–Crippen LogP) is 2.82. The number of hydrogen-bond donors (Lipinski definition) is 1. The lowest BCUT2D eigenvalue weighted by Crippen LogP contribution is -2.59. The fourth-order valence-corrected chi connectivity index (χ4v) is 7.82. The molecule has 2 aliphatic rings. The first-order valence-electron chi connectivity index (χ1n) is 15.4. The number of carbonyl (C=O) groups excluding carboxylic acids is 2. The molecule has 238 valence electrons. The monoisotopic (exact) mass is 650 g/mol. The van der Waals surface area contributed by atoms with Crippen LogP contribution in [0.5, 0.6) is 0 Å². The number of likely N-dealkylation sites (N-methyl/N-ethyl adjacent to an activating group) is 1. The lowest BCUT2D eigenvalue weighted by atomic mass is 10.0. The highest BCUT2D eigenvalue weighted by Crippen LogP contribution is 2.32. The average molecular weight is 651 g/mol. The normalized spacial score (nSPS) is 18.6. The van der Waals surface area contributed by atoms with Crippen molar-refractivity contribution in [2.45, 2.75) is 39.3 Å². The Morgan fingerprint density at radius 2 is 1.87 bits per heavy atom. The molecule has 2 aliphatic heterocycles. The Hall–Kier alpha value is -3.88. The highest BCUT2D eigenvalue weighted by molar-refractivity contribution is 7.91. The van der Waals surface area contributed by atoms with Gasteiger partial charge in [-0.25, -0.2) is 22.9 Å². The van der Waals surface area contributed by atoms with Crippen LogP contribution in [0.2, 0.25) is 0 Å². The van der Waals surface area contributed by atoms with Gasteiger partial charge in [-0.15, -0.1) is 11.3 Å². The van der Waals surface area contributed by atoms with Gasteiger partial charge in [0.2, 0.25) is 5.91 Å². The van der Waals surface area contributed by atoms with E-state index in [1.165, 1.54) is 0 Å². The van der Waals surface area contributed by atoms with Crippen LogP contribution in [0.3, 0.4) is 0 Å². The van der Waals surface area contributed by atoms with Crippen LogP contribution >= 0.6 is 11.3 Å². The largest absolute Gasteiger partial charge is 0.350 e. The molecule has 0 unspecified atom stereocenters. The number of aromatic nitrogens is 4. The van der Waals surface area contributed by atoms with E-state index in [4.69, 9.17) is 9.97 Å². The van der Waals surface area contributed by atoms with Crippen LogP contribution in [0.25, 0.3) is 27.5 Å². The molecule has 0 bridgehead atoms. The summed E-state index contributed by atoms with van der Waals surface area (Å²) in [4.78, 5) is 43.8. The maximum atomic E-state index is 13.6. The van der Waals surface area contributed by atoms with Gasteiger partial charge in [0.1, 0.15) is 11.9 Å². The Kier molecular flexibility index (Phi) is 8.89. The van der Waals surface area contributed by atoms with E-state index in [1.807, 2.05) is 34.7 Å². The zero-order chi connectivity index (χ0) is 31.7. The van der Waals surface area contributed by atoms with Crippen LogP contribution in [0.4, 0.5) is 5.82 Å². The number of pyridine rings is 1. The van der Waals surface area contributed by atoms with Gasteiger partial charge in [0.25, 0.3) is 5.91 Å². The Balaban J connectivity index is 1.34. The first-order valence-corrected chi connectivity index (χ1v) is 18.1. The van der Waals surface area contributed by atoms with Crippen LogP contribution in [0, 0.1) is 0 Å². The number of nitrogens with zero attached hydrogens (tertiary/aromatic N) is 7. The molecule has 0 radical (unpaired) electrons. The highest BCUT2D eigenvalue weighted by atomic mass is 32.2. The van der Waals surface area contributed by atoms with E-state index in [1.54, 1.807) is 39.1 Å². The summed E-state index contributed by atoms with van der Waals surface area (Å²) in [7, 11) is -3.11. The molecule has 6 rings (SSSR count). The number of sulfone groups is 1. The van der Waals surface area contributed by atoms with Crippen molar-refractivity contribution in [3.05, 3.63) is 53.7 Å². The van der Waals surface area contributed by atoms with Crippen molar-refractivity contribution >= 4 is 44.5 Å². The van der Waals surface area contributed by atoms with E-state index in [2.05, 4.69) is 36.1 Å². The summed E-state index contributed by atoms with van der Waals surface area (Å²) < 4.78 is 25.6. The smallest absolute Gasteiger partial charge is 0.251 e. The van der Waals surface area contributed by atoms with E-state index < -0.39 is 15.9 Å². The van der Waals surface area contributed by atoms with E-state index in [0.29, 0.717) is 47.8 Å². The number of nitrogens with one attached hydrogen (secondary N) is 1. The molecule has 2 fully saturated rings. The molecule has 2 amide bonds. The molecule has 14 heteroatoms. The molecule has 0 spiro atoms. The molecule has 2 atom stereocenters. The zero-order valence-corrected chi connectivity index (χ0v) is 27.4. The molecule has 0 saturated carbocycles. The van der Waals surface area contributed by atoms with Crippen molar-refractivity contribution in [3.63, 3.8) is 0 Å². The molecule has 6 heterocycles. The third-order valence-electron chi connectivity index (χ3n) is 8.74. The van der Waals surface area contributed by atoms with E-state index in [-0.39, 0.29) is 42.5 Å². The lowest BCUT2D eigenvalue weighted by Gasteiger charge is -2.43. The average Bonchev–Trinajstić information content (AvgIpc) is 3.70. The van der Waals surface area contributed by atoms with Gasteiger partial charge in [0.05, 0.1) is 39.5 Å². The van der Waals surface area contributed by atoms with Crippen LogP contribution in [0.1, 0.15) is 37.6 Å². The van der Waals surface area contributed by atoms with Gasteiger partial charge in [-0.3, -0.25) is 14.5 Å². The summed E-state index contributed by atoms with van der Waals surface area (Å²) in [5.74, 6) is 0.125. The summed E-state index contributed by atoms with van der Waals surface area (Å²) in [6.45, 7) is 9.53. The summed E-state index contributed by atoms with van der Waals surface area (Å²) in [5, 5.41) is 9.59. The number of fused-ring (bicyclic) bond motifs is 1. The molecular weight excluding hydrogens is 613 g/mol. The zero-order valence-electron chi connectivity index (χ0n) is 25.7. The van der Waals surface area contributed by atoms with E-state index in [9.17, 15) is 18.0 Å². The van der Waals surface area contributed by atoms with Gasteiger partial charge < -0.3 is 15.1 Å². The standard InChI is InChI=1S/C31H38N8O4S2/c1-4-36(5-2)21(3)19-32-30(40)22-17-25(23-20-33-39-11-8-24(35-29(23)39)27-7-6-14-44-27)34-28(18-22)38-10-9-26(38)31(41)37-12-15-45(42,43)16-13-37/h6-8,11,14,17-18,20-21,26H,4-5,9-10,12-13,15-16,19H2,1-3H3,(H,32,40)/t21-,26-/m0/s1. The van der Waals surface area contributed by atoms with Crippen LogP contribution in [-0.2, 0) is 14.6 Å². The van der Waals surface area contributed by atoms with Gasteiger partial charge in [0.15, 0.2) is 15.5 Å². The first-order chi connectivity index (χ1) is 21.7. The Bertz CT molecular complexity index is 1790. The molecule has 12 nitrogen and oxygen atoms in total. The molecule has 2 saturated heterocycles. The maximum absolute atomic E-state index is 13.6. The van der Waals surface area contributed by atoms with Gasteiger partial charge in [-0.1, -0.05) is 19.9 Å². The number of thiophene rings is 1. The van der Waals surface area contributed by atoms with Crippen LogP contribution in [0.15, 0.2) is 48.1 Å². The van der Waals surface area contributed by atoms with Crippen molar-refractivity contribution in [3.8, 4) is 21.8 Å². The van der Waals surface area contributed by atoms with Crippen molar-refractivity contribution in [1.29, 1.82) is 0 Å². The molecule has 4 aromatic heterocycles. The van der Waals surface area contributed by atoms with Crippen LogP contribution < -0.4 is 10.2 Å². The van der Waals surface area contributed by atoms with E-state index >= 15 is 0 Å². The second kappa shape index (κ2) is 12.9. The highest BCUT2D eigenvalue weighted by Gasteiger charge is 2.39. The van der Waals surface area contributed by atoms with Gasteiger partial charge in [-0.2, -0.15) is 5.10 Å². The molecule has 1 N–H and O–H groups in total. The topological polar surface area (TPSA) is 133 Å². The van der Waals surface area contributed by atoms with Crippen molar-refractivity contribution in [1.82, 2.24) is 34.7 Å². The number of carbonyl (C=O) groups is 2. The number of rotatable bonds is 10. The predicted molar refractivity (Wildman–Crippen MR) is 175 cm³/mol. The lowest BCUT2D eigenvalue weighted by molar-refractivity contribution is -0.133. The van der Waals surface area contributed by atoms with Crippen molar-refractivity contribution in [2.75, 3.05) is 55.7 Å². The molecule has 4 aromatic rings. The minimum Gasteiger partial charge on any atom is -0.350 e. The number of anilines is 1.